The van der Waals surface area contributed by atoms with Crippen LogP contribution in [0.4, 0.5) is 0 Å². The molecule has 0 spiro atoms. The molecule has 0 aromatic rings. The number of rotatable bonds is 4. The fraction of sp³-hybridized carbons (Fsp3) is 0.600. The molecular weight excluding hydrogens is 136 g/mol. The van der Waals surface area contributed by atoms with Gasteiger partial charge in [0.15, 0.2) is 0 Å². The molecule has 0 radical (unpaired) electrons. The average Bonchev–Trinajstić information content (AvgIpc) is 1.87. The summed E-state index contributed by atoms with van der Waals surface area (Å²) in [6.07, 6.45) is 5.39. The van der Waals surface area contributed by atoms with Gasteiger partial charge in [-0.05, 0) is 26.7 Å². The summed E-state index contributed by atoms with van der Waals surface area (Å²) in [5.41, 5.74) is 0.475. The van der Waals surface area contributed by atoms with Crippen LogP contribution in [-0.2, 0) is 0 Å². The molecule has 1 N–H and O–H groups in total. The molecule has 0 aromatic heterocycles. The van der Waals surface area contributed by atoms with Crippen molar-refractivity contribution < 1.29 is 5.11 Å². The van der Waals surface area contributed by atoms with Crippen molar-refractivity contribution in [1.82, 2.24) is 0 Å². The molecule has 0 aliphatic carbocycles. The molecule has 11 heavy (non-hydrogen) atoms. The second-order valence-corrected chi connectivity index (χ2v) is 3.30. The highest BCUT2D eigenvalue weighted by Gasteiger charge is 2.14. The topological polar surface area (TPSA) is 20.2 Å². The summed E-state index contributed by atoms with van der Waals surface area (Å²) in [6, 6.07) is 0. The second-order valence-electron chi connectivity index (χ2n) is 3.30. The molecule has 0 aliphatic heterocycles. The van der Waals surface area contributed by atoms with E-state index in [2.05, 4.69) is 6.58 Å². The Bertz CT molecular complexity index is 154. The molecule has 0 rings (SSSR count). The Balaban J connectivity index is 3.78. The zero-order valence-electron chi connectivity index (χ0n) is 7.72. The molecule has 1 nitrogen and oxygen atoms in total. The van der Waals surface area contributed by atoms with Crippen molar-refractivity contribution in [1.29, 1.82) is 0 Å². The third kappa shape index (κ3) is 5.86. The molecule has 0 aromatic carbocycles. The van der Waals surface area contributed by atoms with Crippen LogP contribution in [-0.4, -0.2) is 10.7 Å². The fourth-order valence-corrected chi connectivity index (χ4v) is 0.658. The lowest BCUT2D eigenvalue weighted by molar-refractivity contribution is 0.0592. The Kier molecular flexibility index (Phi) is 4.12. The van der Waals surface area contributed by atoms with Crippen LogP contribution in [0, 0.1) is 0 Å². The first-order valence-corrected chi connectivity index (χ1v) is 4.02. The standard InChI is InChI=1S/C10H18O/c1-5-10(4,11)8-6-7-9(2)3/h6-7,11H,2,5,8H2,1,3-4H3/b7-6+. The summed E-state index contributed by atoms with van der Waals surface area (Å²) >= 11 is 0. The van der Waals surface area contributed by atoms with Crippen LogP contribution in [0.5, 0.6) is 0 Å². The number of allylic oxidation sites excluding steroid dienone is 2. The highest BCUT2D eigenvalue weighted by atomic mass is 16.3. The summed E-state index contributed by atoms with van der Waals surface area (Å²) in [5.74, 6) is 0. The minimum absolute atomic E-state index is 0.550. The van der Waals surface area contributed by atoms with Gasteiger partial charge in [-0.1, -0.05) is 31.2 Å². The normalized spacial score (nSPS) is 16.7. The summed E-state index contributed by atoms with van der Waals surface area (Å²) < 4.78 is 0. The van der Waals surface area contributed by atoms with Crippen LogP contribution < -0.4 is 0 Å². The Morgan fingerprint density at radius 1 is 1.64 bits per heavy atom. The molecule has 1 unspecified atom stereocenters. The lowest BCUT2D eigenvalue weighted by Gasteiger charge is -2.18. The summed E-state index contributed by atoms with van der Waals surface area (Å²) in [5, 5.41) is 9.56. The maximum absolute atomic E-state index is 9.56. The molecule has 1 atom stereocenters. The SMILES string of the molecule is C=C(C)/C=C/CC(C)(O)CC. The van der Waals surface area contributed by atoms with E-state index in [0.29, 0.717) is 6.42 Å². The quantitative estimate of drug-likeness (QED) is 0.617. The zero-order valence-corrected chi connectivity index (χ0v) is 7.72. The van der Waals surface area contributed by atoms with Gasteiger partial charge in [-0.2, -0.15) is 0 Å². The van der Waals surface area contributed by atoms with Crippen LogP contribution in [0.1, 0.15) is 33.6 Å². The first-order chi connectivity index (χ1) is 4.98. The van der Waals surface area contributed by atoms with Gasteiger partial charge in [0.2, 0.25) is 0 Å². The maximum Gasteiger partial charge on any atom is 0.0651 e. The van der Waals surface area contributed by atoms with Crippen LogP contribution in [0.15, 0.2) is 24.3 Å². The first-order valence-electron chi connectivity index (χ1n) is 4.02. The van der Waals surface area contributed by atoms with Crippen LogP contribution >= 0.6 is 0 Å². The van der Waals surface area contributed by atoms with E-state index in [1.54, 1.807) is 0 Å². The van der Waals surface area contributed by atoms with Crippen molar-refractivity contribution in [2.75, 3.05) is 0 Å². The summed E-state index contributed by atoms with van der Waals surface area (Å²) in [7, 11) is 0. The van der Waals surface area contributed by atoms with E-state index in [-0.39, 0.29) is 0 Å². The van der Waals surface area contributed by atoms with Crippen molar-refractivity contribution in [2.24, 2.45) is 0 Å². The van der Waals surface area contributed by atoms with E-state index in [9.17, 15) is 5.11 Å². The van der Waals surface area contributed by atoms with E-state index in [0.717, 1.165) is 12.0 Å². The van der Waals surface area contributed by atoms with Crippen molar-refractivity contribution in [2.45, 2.75) is 39.2 Å². The molecular formula is C10H18O. The molecule has 0 aliphatic rings. The minimum atomic E-state index is -0.550. The third-order valence-electron chi connectivity index (χ3n) is 1.72. The molecule has 0 fully saturated rings. The largest absolute Gasteiger partial charge is 0.390 e. The van der Waals surface area contributed by atoms with E-state index >= 15 is 0 Å². The number of aliphatic hydroxyl groups is 1. The van der Waals surface area contributed by atoms with Gasteiger partial charge in [0.05, 0.1) is 5.60 Å². The van der Waals surface area contributed by atoms with E-state index < -0.39 is 5.60 Å². The predicted molar refractivity (Wildman–Crippen MR) is 49.5 cm³/mol. The van der Waals surface area contributed by atoms with Gasteiger partial charge in [0.25, 0.3) is 0 Å². The molecule has 64 valence electrons. The Hall–Kier alpha value is -0.560. The number of hydrogen-bond donors (Lipinski definition) is 1. The van der Waals surface area contributed by atoms with Crippen LogP contribution in [0.3, 0.4) is 0 Å². The van der Waals surface area contributed by atoms with Crippen molar-refractivity contribution >= 4 is 0 Å². The van der Waals surface area contributed by atoms with Gasteiger partial charge < -0.3 is 5.11 Å². The van der Waals surface area contributed by atoms with Crippen LogP contribution in [0.2, 0.25) is 0 Å². The van der Waals surface area contributed by atoms with E-state index in [4.69, 9.17) is 0 Å². The monoisotopic (exact) mass is 154 g/mol. The smallest absolute Gasteiger partial charge is 0.0651 e. The van der Waals surface area contributed by atoms with Crippen LogP contribution in [0.25, 0.3) is 0 Å². The second kappa shape index (κ2) is 4.35. The molecule has 0 amide bonds. The van der Waals surface area contributed by atoms with E-state index in [1.807, 2.05) is 32.9 Å². The van der Waals surface area contributed by atoms with Crippen molar-refractivity contribution in [3.63, 3.8) is 0 Å². The molecule has 0 saturated carbocycles. The number of hydrogen-bond acceptors (Lipinski definition) is 1. The fourth-order valence-electron chi connectivity index (χ4n) is 0.658. The molecule has 0 heterocycles. The zero-order chi connectivity index (χ0) is 8.91. The maximum atomic E-state index is 9.56. The molecule has 1 heteroatoms. The highest BCUT2D eigenvalue weighted by Crippen LogP contribution is 2.14. The average molecular weight is 154 g/mol. The Morgan fingerprint density at radius 2 is 2.18 bits per heavy atom. The van der Waals surface area contributed by atoms with Gasteiger partial charge in [-0.25, -0.2) is 0 Å². The lowest BCUT2D eigenvalue weighted by Crippen LogP contribution is -2.21. The van der Waals surface area contributed by atoms with Gasteiger partial charge in [-0.15, -0.1) is 0 Å². The van der Waals surface area contributed by atoms with Gasteiger partial charge in [-0.3, -0.25) is 0 Å². The summed E-state index contributed by atoms with van der Waals surface area (Å²) in [6.45, 7) is 9.50. The van der Waals surface area contributed by atoms with Crippen molar-refractivity contribution in [3.8, 4) is 0 Å². The molecule has 0 saturated heterocycles. The molecule has 0 bridgehead atoms. The van der Waals surface area contributed by atoms with Gasteiger partial charge in [0, 0.05) is 0 Å². The van der Waals surface area contributed by atoms with Gasteiger partial charge in [0.1, 0.15) is 0 Å². The van der Waals surface area contributed by atoms with Crippen molar-refractivity contribution in [3.05, 3.63) is 24.3 Å². The lowest BCUT2D eigenvalue weighted by atomic mass is 9.99. The van der Waals surface area contributed by atoms with E-state index in [1.165, 1.54) is 0 Å². The summed E-state index contributed by atoms with van der Waals surface area (Å²) in [4.78, 5) is 0. The highest BCUT2D eigenvalue weighted by molar-refractivity contribution is 5.11. The Labute approximate surface area is 69.4 Å². The minimum Gasteiger partial charge on any atom is -0.390 e. The Morgan fingerprint density at radius 3 is 2.55 bits per heavy atom. The first kappa shape index (κ1) is 10.4. The third-order valence-corrected chi connectivity index (χ3v) is 1.72. The van der Waals surface area contributed by atoms with Gasteiger partial charge >= 0.3 is 0 Å². The predicted octanol–water partition coefficient (Wildman–Crippen LogP) is 2.67.